The topological polar surface area (TPSA) is 100 Å². The number of hydrogen-bond donors (Lipinski definition) is 2. The summed E-state index contributed by atoms with van der Waals surface area (Å²) in [5.41, 5.74) is 1.02. The average molecular weight is 385 g/mol. The first-order valence-corrected chi connectivity index (χ1v) is 9.81. The predicted molar refractivity (Wildman–Crippen MR) is 104 cm³/mol. The van der Waals surface area contributed by atoms with Crippen LogP contribution in [0.4, 0.5) is 4.79 Å². The molecule has 150 valence electrons. The van der Waals surface area contributed by atoms with Crippen molar-refractivity contribution in [2.75, 3.05) is 19.6 Å². The normalized spacial score (nSPS) is 21.0. The SMILES string of the molecule is CC(C)(C)OC(=O)N1CCC2(CC1)CC2CNC(=O)c1cnc2[nH]ncc2c1. The van der Waals surface area contributed by atoms with Crippen molar-refractivity contribution in [2.24, 2.45) is 11.3 Å². The summed E-state index contributed by atoms with van der Waals surface area (Å²) in [4.78, 5) is 30.7. The van der Waals surface area contributed by atoms with E-state index >= 15 is 0 Å². The summed E-state index contributed by atoms with van der Waals surface area (Å²) in [6.07, 6.45) is 6.04. The summed E-state index contributed by atoms with van der Waals surface area (Å²) in [5, 5.41) is 10.6. The van der Waals surface area contributed by atoms with E-state index in [1.54, 1.807) is 23.4 Å². The molecule has 0 bridgehead atoms. The molecule has 1 saturated carbocycles. The highest BCUT2D eigenvalue weighted by molar-refractivity contribution is 5.96. The van der Waals surface area contributed by atoms with Crippen LogP contribution in [0.3, 0.4) is 0 Å². The molecule has 1 atom stereocenters. The highest BCUT2D eigenvalue weighted by Crippen LogP contribution is 2.59. The zero-order valence-electron chi connectivity index (χ0n) is 16.6. The molecule has 8 heteroatoms. The number of amides is 2. The third-order valence-corrected chi connectivity index (χ3v) is 5.83. The number of H-pyrrole nitrogens is 1. The molecule has 0 radical (unpaired) electrons. The maximum absolute atomic E-state index is 12.4. The maximum Gasteiger partial charge on any atom is 0.410 e. The molecule has 1 unspecified atom stereocenters. The fourth-order valence-electron chi connectivity index (χ4n) is 4.07. The van der Waals surface area contributed by atoms with E-state index < -0.39 is 5.60 Å². The van der Waals surface area contributed by atoms with Crippen molar-refractivity contribution < 1.29 is 14.3 Å². The summed E-state index contributed by atoms with van der Waals surface area (Å²) in [6, 6.07) is 1.79. The first-order valence-electron chi connectivity index (χ1n) is 9.81. The number of carbonyl (C=O) groups excluding carboxylic acids is 2. The molecule has 2 aliphatic rings. The molecule has 1 saturated heterocycles. The number of nitrogens with zero attached hydrogens (tertiary/aromatic N) is 3. The van der Waals surface area contributed by atoms with Crippen LogP contribution in [0.1, 0.15) is 50.4 Å². The number of aromatic amines is 1. The standard InChI is InChI=1S/C20H27N5O3/c1-19(2,3)28-18(27)25-6-4-20(5-7-25)9-15(20)12-22-17(26)14-8-13-11-23-24-16(13)21-10-14/h8,10-11,15H,4-7,9,12H2,1-3H3,(H,22,26)(H,21,23,24). The van der Waals surface area contributed by atoms with Crippen molar-refractivity contribution in [1.82, 2.24) is 25.4 Å². The zero-order valence-corrected chi connectivity index (χ0v) is 16.6. The van der Waals surface area contributed by atoms with Gasteiger partial charge in [0.2, 0.25) is 0 Å². The lowest BCUT2D eigenvalue weighted by molar-refractivity contribution is 0.0165. The first kappa shape index (κ1) is 18.7. The minimum atomic E-state index is -0.465. The van der Waals surface area contributed by atoms with E-state index in [9.17, 15) is 9.59 Å². The van der Waals surface area contributed by atoms with Crippen molar-refractivity contribution in [1.29, 1.82) is 0 Å². The number of fused-ring (bicyclic) bond motifs is 1. The molecule has 2 fully saturated rings. The molecular formula is C20H27N5O3. The molecule has 2 aromatic heterocycles. The van der Waals surface area contributed by atoms with Crippen LogP contribution >= 0.6 is 0 Å². The number of aromatic nitrogens is 3. The smallest absolute Gasteiger partial charge is 0.410 e. The lowest BCUT2D eigenvalue weighted by Gasteiger charge is -2.34. The number of likely N-dealkylation sites (tertiary alicyclic amines) is 1. The van der Waals surface area contributed by atoms with Gasteiger partial charge in [-0.05, 0) is 57.4 Å². The number of ether oxygens (including phenoxy) is 1. The largest absolute Gasteiger partial charge is 0.444 e. The Kier molecular flexibility index (Phi) is 4.51. The van der Waals surface area contributed by atoms with Crippen LogP contribution in [-0.4, -0.2) is 57.3 Å². The van der Waals surface area contributed by atoms with Crippen molar-refractivity contribution >= 4 is 23.0 Å². The molecule has 8 nitrogen and oxygen atoms in total. The predicted octanol–water partition coefficient (Wildman–Crippen LogP) is 2.72. The molecular weight excluding hydrogens is 358 g/mol. The third-order valence-electron chi connectivity index (χ3n) is 5.83. The van der Waals surface area contributed by atoms with Gasteiger partial charge in [0.05, 0.1) is 11.8 Å². The van der Waals surface area contributed by atoms with Gasteiger partial charge in [0.15, 0.2) is 5.65 Å². The second kappa shape index (κ2) is 6.76. The van der Waals surface area contributed by atoms with E-state index in [4.69, 9.17) is 4.74 Å². The Bertz CT molecular complexity index is 893. The highest BCUT2D eigenvalue weighted by atomic mass is 16.6. The van der Waals surface area contributed by atoms with Crippen LogP contribution in [0.25, 0.3) is 11.0 Å². The molecule has 1 aliphatic carbocycles. The summed E-state index contributed by atoms with van der Waals surface area (Å²) >= 11 is 0. The number of piperidine rings is 1. The molecule has 2 N–H and O–H groups in total. The van der Waals surface area contributed by atoms with Crippen molar-refractivity contribution in [3.8, 4) is 0 Å². The minimum Gasteiger partial charge on any atom is -0.444 e. The molecule has 28 heavy (non-hydrogen) atoms. The van der Waals surface area contributed by atoms with Crippen molar-refractivity contribution in [3.05, 3.63) is 24.0 Å². The zero-order chi connectivity index (χ0) is 19.9. The van der Waals surface area contributed by atoms with Crippen LogP contribution in [0, 0.1) is 11.3 Å². The quantitative estimate of drug-likeness (QED) is 0.846. The van der Waals surface area contributed by atoms with E-state index in [0.717, 1.165) is 37.7 Å². The Morgan fingerprint density at radius 1 is 1.32 bits per heavy atom. The van der Waals surface area contributed by atoms with Crippen LogP contribution in [0.5, 0.6) is 0 Å². The third kappa shape index (κ3) is 3.81. The van der Waals surface area contributed by atoms with Gasteiger partial charge in [-0.2, -0.15) is 5.10 Å². The Morgan fingerprint density at radius 2 is 2.07 bits per heavy atom. The molecule has 2 aromatic rings. The molecule has 2 amide bonds. The Balaban J connectivity index is 1.26. The van der Waals surface area contributed by atoms with Crippen LogP contribution in [-0.2, 0) is 4.74 Å². The summed E-state index contributed by atoms with van der Waals surface area (Å²) in [5.74, 6) is 0.367. The lowest BCUT2D eigenvalue weighted by atomic mass is 9.91. The maximum atomic E-state index is 12.4. The van der Waals surface area contributed by atoms with Gasteiger partial charge in [0.1, 0.15) is 5.60 Å². The van der Waals surface area contributed by atoms with Crippen LogP contribution < -0.4 is 5.32 Å². The summed E-state index contributed by atoms with van der Waals surface area (Å²) < 4.78 is 5.46. The van der Waals surface area contributed by atoms with Gasteiger partial charge in [-0.1, -0.05) is 0 Å². The number of pyridine rings is 1. The van der Waals surface area contributed by atoms with Gasteiger partial charge in [-0.3, -0.25) is 9.89 Å². The van der Waals surface area contributed by atoms with Crippen LogP contribution in [0.2, 0.25) is 0 Å². The van der Waals surface area contributed by atoms with Crippen molar-refractivity contribution in [3.63, 3.8) is 0 Å². The number of rotatable bonds is 3. The summed E-state index contributed by atoms with van der Waals surface area (Å²) in [6.45, 7) is 7.76. The Labute approximate surface area is 164 Å². The fourth-order valence-corrected chi connectivity index (χ4v) is 4.07. The van der Waals surface area contributed by atoms with Crippen LogP contribution in [0.15, 0.2) is 18.5 Å². The van der Waals surface area contributed by atoms with E-state index in [0.29, 0.717) is 23.7 Å². The Hall–Kier alpha value is -2.64. The average Bonchev–Trinajstić information content (AvgIpc) is 3.09. The highest BCUT2D eigenvalue weighted by Gasteiger charge is 2.55. The number of carbonyl (C=O) groups is 2. The van der Waals surface area contributed by atoms with Gasteiger partial charge in [-0.15, -0.1) is 0 Å². The second-order valence-electron chi connectivity index (χ2n) is 8.97. The van der Waals surface area contributed by atoms with Crippen molar-refractivity contribution in [2.45, 2.75) is 45.6 Å². The van der Waals surface area contributed by atoms with Gasteiger partial charge in [-0.25, -0.2) is 9.78 Å². The van der Waals surface area contributed by atoms with Gasteiger partial charge >= 0.3 is 6.09 Å². The monoisotopic (exact) mass is 385 g/mol. The number of nitrogens with one attached hydrogen (secondary N) is 2. The van der Waals surface area contributed by atoms with E-state index in [1.807, 2.05) is 20.8 Å². The summed E-state index contributed by atoms with van der Waals surface area (Å²) in [7, 11) is 0. The molecule has 0 aromatic carbocycles. The molecule has 1 aliphatic heterocycles. The van der Waals surface area contributed by atoms with E-state index in [1.165, 1.54) is 0 Å². The first-order chi connectivity index (χ1) is 13.3. The lowest BCUT2D eigenvalue weighted by Crippen LogP contribution is -2.42. The van der Waals surface area contributed by atoms with E-state index in [2.05, 4.69) is 20.5 Å². The van der Waals surface area contributed by atoms with E-state index in [-0.39, 0.29) is 17.4 Å². The Morgan fingerprint density at radius 3 is 2.79 bits per heavy atom. The molecule has 1 spiro atoms. The second-order valence-corrected chi connectivity index (χ2v) is 8.97. The fraction of sp³-hybridized carbons (Fsp3) is 0.600. The number of hydrogen-bond acceptors (Lipinski definition) is 5. The molecule has 3 heterocycles. The van der Waals surface area contributed by atoms with Gasteiger partial charge in [0, 0.05) is 31.2 Å². The van der Waals surface area contributed by atoms with Gasteiger partial charge in [0.25, 0.3) is 5.91 Å². The molecule has 4 rings (SSSR count). The minimum absolute atomic E-state index is 0.108. The van der Waals surface area contributed by atoms with Gasteiger partial charge < -0.3 is 15.0 Å².